The lowest BCUT2D eigenvalue weighted by atomic mass is 10.3. The van der Waals surface area contributed by atoms with Crippen LogP contribution >= 0.6 is 11.6 Å². The van der Waals surface area contributed by atoms with Crippen molar-refractivity contribution in [1.29, 1.82) is 0 Å². The number of carboxylic acid groups (broad SMARTS) is 1. The van der Waals surface area contributed by atoms with E-state index in [9.17, 15) is 9.59 Å². The Morgan fingerprint density at radius 1 is 1.11 bits per heavy atom. The standard InChI is InChI=1S/C7H5ClO2.C5H4O3/c8-7(9)10-6-4-2-1-3-5-6;6-5(7)4-2-1-3-8-4/h1-5H;1-3H,(H,6,7). The van der Waals surface area contributed by atoms with E-state index < -0.39 is 11.4 Å². The molecule has 0 amide bonds. The van der Waals surface area contributed by atoms with Crippen LogP contribution in [-0.2, 0) is 0 Å². The highest BCUT2D eigenvalue weighted by Crippen LogP contribution is 2.09. The van der Waals surface area contributed by atoms with Gasteiger partial charge in [-0.2, -0.15) is 0 Å². The van der Waals surface area contributed by atoms with Crippen molar-refractivity contribution in [3.63, 3.8) is 0 Å². The van der Waals surface area contributed by atoms with Crippen LogP contribution in [0.25, 0.3) is 0 Å². The van der Waals surface area contributed by atoms with Crippen molar-refractivity contribution >= 4 is 23.0 Å². The molecule has 0 aliphatic rings. The lowest BCUT2D eigenvalue weighted by Crippen LogP contribution is -1.94. The fourth-order valence-electron chi connectivity index (χ4n) is 0.981. The minimum Gasteiger partial charge on any atom is -0.475 e. The number of carboxylic acids is 1. The predicted molar refractivity (Wildman–Crippen MR) is 64.0 cm³/mol. The molecule has 0 aliphatic carbocycles. The first kappa shape index (κ1) is 13.8. The molecule has 0 unspecified atom stereocenters. The van der Waals surface area contributed by atoms with Gasteiger partial charge in [0, 0.05) is 11.6 Å². The van der Waals surface area contributed by atoms with Gasteiger partial charge in [0.25, 0.3) is 0 Å². The highest BCUT2D eigenvalue weighted by Gasteiger charge is 2.01. The third kappa shape index (κ3) is 5.18. The zero-order valence-corrected chi connectivity index (χ0v) is 9.83. The minimum absolute atomic E-state index is 0.0231. The van der Waals surface area contributed by atoms with Crippen LogP contribution in [-0.4, -0.2) is 16.5 Å². The van der Waals surface area contributed by atoms with E-state index in [2.05, 4.69) is 9.15 Å². The second kappa shape index (κ2) is 7.13. The van der Waals surface area contributed by atoms with Crippen molar-refractivity contribution in [3.8, 4) is 5.75 Å². The topological polar surface area (TPSA) is 76.7 Å². The molecule has 1 aromatic heterocycles. The first-order valence-corrected chi connectivity index (χ1v) is 5.16. The summed E-state index contributed by atoms with van der Waals surface area (Å²) in [6, 6.07) is 11.6. The molecule has 18 heavy (non-hydrogen) atoms. The van der Waals surface area contributed by atoms with Gasteiger partial charge in [-0.05, 0) is 24.3 Å². The van der Waals surface area contributed by atoms with Crippen LogP contribution in [0.15, 0.2) is 53.1 Å². The number of ether oxygens (including phenoxy) is 1. The highest BCUT2D eigenvalue weighted by atomic mass is 35.5. The van der Waals surface area contributed by atoms with Crippen molar-refractivity contribution in [2.24, 2.45) is 0 Å². The van der Waals surface area contributed by atoms with Gasteiger partial charge in [0.05, 0.1) is 6.26 Å². The Morgan fingerprint density at radius 2 is 1.78 bits per heavy atom. The van der Waals surface area contributed by atoms with E-state index in [1.807, 2.05) is 6.07 Å². The van der Waals surface area contributed by atoms with Crippen molar-refractivity contribution in [2.45, 2.75) is 0 Å². The van der Waals surface area contributed by atoms with E-state index in [1.165, 1.54) is 18.4 Å². The quantitative estimate of drug-likeness (QED) is 0.845. The summed E-state index contributed by atoms with van der Waals surface area (Å²) in [5, 5.41) is 8.18. The lowest BCUT2D eigenvalue weighted by Gasteiger charge is -1.95. The van der Waals surface area contributed by atoms with E-state index in [0.29, 0.717) is 5.75 Å². The number of para-hydroxylation sites is 1. The molecule has 1 aromatic carbocycles. The highest BCUT2D eigenvalue weighted by molar-refractivity contribution is 6.61. The van der Waals surface area contributed by atoms with Crippen LogP contribution in [0.5, 0.6) is 5.75 Å². The van der Waals surface area contributed by atoms with Crippen molar-refractivity contribution in [2.75, 3.05) is 0 Å². The summed E-state index contributed by atoms with van der Waals surface area (Å²) in [5.74, 6) is -0.595. The summed E-state index contributed by atoms with van der Waals surface area (Å²) >= 11 is 4.95. The fourth-order valence-corrected chi connectivity index (χ4v) is 1.07. The van der Waals surface area contributed by atoms with Crippen LogP contribution < -0.4 is 4.74 Å². The van der Waals surface area contributed by atoms with Crippen LogP contribution in [0.4, 0.5) is 4.79 Å². The van der Waals surface area contributed by atoms with Crippen LogP contribution in [0.1, 0.15) is 10.6 Å². The summed E-state index contributed by atoms with van der Waals surface area (Å²) in [4.78, 5) is 20.1. The maximum Gasteiger partial charge on any atom is 0.409 e. The molecule has 0 spiro atoms. The molecule has 5 nitrogen and oxygen atoms in total. The van der Waals surface area contributed by atoms with Gasteiger partial charge < -0.3 is 14.3 Å². The predicted octanol–water partition coefficient (Wildman–Crippen LogP) is 3.40. The molecule has 94 valence electrons. The van der Waals surface area contributed by atoms with Crippen molar-refractivity contribution in [1.82, 2.24) is 0 Å². The number of hydrogen-bond donors (Lipinski definition) is 1. The zero-order chi connectivity index (χ0) is 13.4. The second-order valence-electron chi connectivity index (χ2n) is 2.94. The van der Waals surface area contributed by atoms with Gasteiger partial charge in [0.15, 0.2) is 0 Å². The van der Waals surface area contributed by atoms with Gasteiger partial charge in [0.2, 0.25) is 5.76 Å². The molecule has 2 aromatic rings. The SMILES string of the molecule is O=C(Cl)Oc1ccccc1.O=C(O)c1ccco1. The van der Waals surface area contributed by atoms with E-state index in [4.69, 9.17) is 16.7 Å². The molecule has 0 bridgehead atoms. The third-order valence-corrected chi connectivity index (χ3v) is 1.75. The first-order valence-electron chi connectivity index (χ1n) is 4.78. The molecule has 0 radical (unpaired) electrons. The van der Waals surface area contributed by atoms with Crippen molar-refractivity contribution in [3.05, 3.63) is 54.5 Å². The molecule has 0 fully saturated rings. The molecule has 0 atom stereocenters. The van der Waals surface area contributed by atoms with Crippen molar-refractivity contribution < 1.29 is 23.8 Å². The first-order chi connectivity index (χ1) is 8.59. The molecule has 1 heterocycles. The summed E-state index contributed by atoms with van der Waals surface area (Å²) in [5.41, 5.74) is -0.814. The van der Waals surface area contributed by atoms with E-state index in [-0.39, 0.29) is 5.76 Å². The summed E-state index contributed by atoms with van der Waals surface area (Å²) in [7, 11) is 0. The zero-order valence-electron chi connectivity index (χ0n) is 9.08. The number of rotatable bonds is 2. The Hall–Kier alpha value is -2.27. The molecule has 0 saturated heterocycles. The molecule has 6 heteroatoms. The van der Waals surface area contributed by atoms with E-state index >= 15 is 0 Å². The lowest BCUT2D eigenvalue weighted by molar-refractivity contribution is 0.0662. The smallest absolute Gasteiger partial charge is 0.409 e. The molecule has 0 saturated carbocycles. The largest absolute Gasteiger partial charge is 0.475 e. The third-order valence-electron chi connectivity index (χ3n) is 1.67. The summed E-state index contributed by atoms with van der Waals surface area (Å²) < 4.78 is 9.04. The maximum atomic E-state index is 10.2. The van der Waals surface area contributed by atoms with Gasteiger partial charge in [-0.3, -0.25) is 0 Å². The normalized spacial score (nSPS) is 8.94. The van der Waals surface area contributed by atoms with Crippen LogP contribution in [0, 0.1) is 0 Å². The number of benzene rings is 1. The Morgan fingerprint density at radius 3 is 2.17 bits per heavy atom. The molecule has 2 rings (SSSR count). The van der Waals surface area contributed by atoms with Gasteiger partial charge in [-0.1, -0.05) is 18.2 Å². The molecule has 0 aliphatic heterocycles. The molecular formula is C12H9ClO5. The Balaban J connectivity index is 0.000000184. The van der Waals surface area contributed by atoms with Gasteiger partial charge in [-0.15, -0.1) is 0 Å². The average Bonchev–Trinajstić information content (AvgIpc) is 2.84. The number of hydrogen-bond acceptors (Lipinski definition) is 4. The van der Waals surface area contributed by atoms with Gasteiger partial charge >= 0.3 is 11.4 Å². The summed E-state index contributed by atoms with van der Waals surface area (Å²) in [6.07, 6.45) is 1.32. The summed E-state index contributed by atoms with van der Waals surface area (Å²) in [6.45, 7) is 0. The maximum absolute atomic E-state index is 10.2. The second-order valence-corrected chi connectivity index (χ2v) is 3.24. The number of carbonyl (C=O) groups is 2. The van der Waals surface area contributed by atoms with Gasteiger partial charge in [0.1, 0.15) is 5.75 Å². The molecular weight excluding hydrogens is 260 g/mol. The fraction of sp³-hybridized carbons (Fsp3) is 0. The van der Waals surface area contributed by atoms with E-state index in [0.717, 1.165) is 0 Å². The van der Waals surface area contributed by atoms with Crippen LogP contribution in [0.3, 0.4) is 0 Å². The Bertz CT molecular complexity index is 492. The number of halogens is 1. The number of furan rings is 1. The van der Waals surface area contributed by atoms with Crippen LogP contribution in [0.2, 0.25) is 0 Å². The average molecular weight is 269 g/mol. The Kier molecular flexibility index (Phi) is 5.47. The van der Waals surface area contributed by atoms with E-state index in [1.54, 1.807) is 24.3 Å². The van der Waals surface area contributed by atoms with Gasteiger partial charge in [-0.25, -0.2) is 9.59 Å². The Labute approximate surface area is 108 Å². The number of aromatic carboxylic acids is 1. The number of carbonyl (C=O) groups excluding carboxylic acids is 1. The monoisotopic (exact) mass is 268 g/mol. The minimum atomic E-state index is -1.03. The molecule has 1 N–H and O–H groups in total.